The van der Waals surface area contributed by atoms with Gasteiger partial charge in [0.15, 0.2) is 0 Å². The Balaban J connectivity index is 2.76. The maximum atomic E-state index is 14.3. The minimum Gasteiger partial charge on any atom is -0.465 e. The zero-order chi connectivity index (χ0) is 19.9. The molecule has 1 amide bonds. The summed E-state index contributed by atoms with van der Waals surface area (Å²) in [4.78, 5) is 25.1. The molecule has 0 radical (unpaired) electrons. The molecule has 0 aromatic heterocycles. The second kappa shape index (κ2) is 6.45. The Morgan fingerprint density at radius 3 is 2.58 bits per heavy atom. The van der Waals surface area contributed by atoms with Crippen molar-refractivity contribution >= 4 is 28.2 Å². The predicted octanol–water partition coefficient (Wildman–Crippen LogP) is 3.11. The smallest absolute Gasteiger partial charge is 0.410 e. The van der Waals surface area contributed by atoms with Crippen LogP contribution >= 0.6 is 10.6 Å². The molecule has 2 rings (SSSR count). The molecule has 0 fully saturated rings. The van der Waals surface area contributed by atoms with Gasteiger partial charge in [0, 0.05) is 17.7 Å². The van der Waals surface area contributed by atoms with Crippen LogP contribution in [0.5, 0.6) is 0 Å². The number of hydrogen-bond donors (Lipinski definition) is 4. The number of halogens is 2. The molecule has 1 aliphatic heterocycles. The topological polar surface area (TPSA) is 145 Å². The van der Waals surface area contributed by atoms with Crippen molar-refractivity contribution in [2.24, 2.45) is 4.99 Å². The minimum atomic E-state index is -3.71. The number of nitrogens with zero attached hydrogens (tertiary/aromatic N) is 2. The number of amides is 1. The number of non-ortho nitro benzene ring substituents is 1. The molecule has 26 heavy (non-hydrogen) atoms. The van der Waals surface area contributed by atoms with E-state index < -0.39 is 67.2 Å². The van der Waals surface area contributed by atoms with Crippen LogP contribution in [-0.2, 0) is 5.54 Å². The Bertz CT molecular complexity index is 801. The van der Waals surface area contributed by atoms with Crippen LogP contribution in [0.15, 0.2) is 23.2 Å². The summed E-state index contributed by atoms with van der Waals surface area (Å²) in [6, 6.07) is 2.37. The molecule has 0 spiro atoms. The molecule has 1 atom stereocenters. The lowest BCUT2D eigenvalue weighted by Gasteiger charge is -2.53. The van der Waals surface area contributed by atoms with E-state index in [-0.39, 0.29) is 0 Å². The maximum absolute atomic E-state index is 14.3. The molecule has 1 aliphatic rings. The number of carbonyl (C=O) groups is 1. The van der Waals surface area contributed by atoms with Crippen molar-refractivity contribution in [1.29, 1.82) is 0 Å². The highest BCUT2D eigenvalue weighted by Crippen LogP contribution is 2.59. The van der Waals surface area contributed by atoms with Gasteiger partial charge < -0.3 is 5.11 Å². The number of alkyl halides is 1. The van der Waals surface area contributed by atoms with Gasteiger partial charge in [-0.15, -0.1) is 0 Å². The SMILES string of the molecule is CC1(C)C(NC(=O)O)=NC(CF)(c2cc([N+](=O)[O-])ccc2F)CS1(O)O. The lowest BCUT2D eigenvalue weighted by Crippen LogP contribution is -2.56. The molecular weight excluding hydrogens is 376 g/mol. The molecule has 1 heterocycles. The van der Waals surface area contributed by atoms with E-state index in [1.54, 1.807) is 0 Å². The Morgan fingerprint density at radius 2 is 2.08 bits per heavy atom. The summed E-state index contributed by atoms with van der Waals surface area (Å²) in [5, 5.41) is 21.8. The van der Waals surface area contributed by atoms with Crippen molar-refractivity contribution in [3.05, 3.63) is 39.7 Å². The van der Waals surface area contributed by atoms with Gasteiger partial charge in [-0.05, 0) is 19.9 Å². The zero-order valence-electron chi connectivity index (χ0n) is 13.8. The number of hydrogen-bond acceptors (Lipinski definition) is 6. The molecule has 0 saturated heterocycles. The fraction of sp³-hybridized carbons (Fsp3) is 0.429. The van der Waals surface area contributed by atoms with E-state index in [2.05, 4.69) is 4.99 Å². The molecule has 0 saturated carbocycles. The predicted molar refractivity (Wildman–Crippen MR) is 91.1 cm³/mol. The van der Waals surface area contributed by atoms with Gasteiger partial charge >= 0.3 is 6.09 Å². The lowest BCUT2D eigenvalue weighted by molar-refractivity contribution is -0.385. The van der Waals surface area contributed by atoms with Crippen LogP contribution in [0.1, 0.15) is 19.4 Å². The molecule has 0 aliphatic carbocycles. The van der Waals surface area contributed by atoms with E-state index in [1.165, 1.54) is 13.8 Å². The van der Waals surface area contributed by atoms with Crippen molar-refractivity contribution in [3.8, 4) is 0 Å². The third kappa shape index (κ3) is 3.22. The average Bonchev–Trinajstić information content (AvgIpc) is 2.51. The average molecular weight is 393 g/mol. The second-order valence-corrected chi connectivity index (χ2v) is 8.94. The highest BCUT2D eigenvalue weighted by Gasteiger charge is 2.53. The van der Waals surface area contributed by atoms with E-state index in [4.69, 9.17) is 5.11 Å². The van der Waals surface area contributed by atoms with E-state index in [9.17, 15) is 32.8 Å². The first-order chi connectivity index (χ1) is 11.9. The van der Waals surface area contributed by atoms with Gasteiger partial charge in [-0.25, -0.2) is 13.6 Å². The summed E-state index contributed by atoms with van der Waals surface area (Å²) in [6.45, 7) is 1.16. The Kier molecular flexibility index (Phi) is 4.96. The Morgan fingerprint density at radius 1 is 1.46 bits per heavy atom. The number of amidine groups is 1. The molecule has 4 N–H and O–H groups in total. The summed E-state index contributed by atoms with van der Waals surface area (Å²) >= 11 is 0. The van der Waals surface area contributed by atoms with Gasteiger partial charge in [0.25, 0.3) is 5.69 Å². The van der Waals surface area contributed by atoms with Crippen LogP contribution in [0.3, 0.4) is 0 Å². The van der Waals surface area contributed by atoms with Gasteiger partial charge in [0.05, 0.1) is 10.7 Å². The molecule has 12 heteroatoms. The lowest BCUT2D eigenvalue weighted by atomic mass is 9.92. The number of benzene rings is 1. The molecule has 1 aromatic rings. The largest absolute Gasteiger partial charge is 0.465 e. The van der Waals surface area contributed by atoms with E-state index >= 15 is 0 Å². The van der Waals surface area contributed by atoms with E-state index in [0.717, 1.165) is 18.2 Å². The number of rotatable bonds is 3. The van der Waals surface area contributed by atoms with E-state index in [1.807, 2.05) is 5.32 Å². The van der Waals surface area contributed by atoms with Crippen LogP contribution in [0.4, 0.5) is 19.3 Å². The van der Waals surface area contributed by atoms with Crippen molar-refractivity contribution in [1.82, 2.24) is 5.32 Å². The number of nitrogens with one attached hydrogen (secondary N) is 1. The minimum absolute atomic E-state index is 0.472. The van der Waals surface area contributed by atoms with Crippen LogP contribution < -0.4 is 5.32 Å². The van der Waals surface area contributed by atoms with Crippen molar-refractivity contribution < 1.29 is 32.7 Å². The zero-order valence-corrected chi connectivity index (χ0v) is 14.6. The Labute approximate surface area is 148 Å². The van der Waals surface area contributed by atoms with Crippen LogP contribution in [0.2, 0.25) is 0 Å². The first-order valence-corrected chi connectivity index (χ1v) is 8.94. The summed E-state index contributed by atoms with van der Waals surface area (Å²) in [7, 11) is -3.71. The third-order valence-electron chi connectivity index (χ3n) is 4.26. The molecule has 144 valence electrons. The van der Waals surface area contributed by atoms with Crippen molar-refractivity contribution in [2.75, 3.05) is 12.4 Å². The third-order valence-corrected chi connectivity index (χ3v) is 6.97. The number of carboxylic acid groups (broad SMARTS) is 1. The van der Waals surface area contributed by atoms with Crippen LogP contribution in [0, 0.1) is 15.9 Å². The first-order valence-electron chi connectivity index (χ1n) is 7.22. The summed E-state index contributed by atoms with van der Waals surface area (Å²) < 4.78 is 47.7. The monoisotopic (exact) mass is 393 g/mol. The van der Waals surface area contributed by atoms with Crippen molar-refractivity contribution in [2.45, 2.75) is 24.1 Å². The first kappa shape index (κ1) is 20.0. The van der Waals surface area contributed by atoms with Gasteiger partial charge in [0.1, 0.15) is 28.6 Å². The number of nitro groups is 1. The maximum Gasteiger partial charge on any atom is 0.410 e. The van der Waals surface area contributed by atoms with Gasteiger partial charge in [-0.1, -0.05) is 0 Å². The van der Waals surface area contributed by atoms with Crippen LogP contribution in [0.25, 0.3) is 0 Å². The Hall–Kier alpha value is -2.31. The summed E-state index contributed by atoms with van der Waals surface area (Å²) in [6.07, 6.45) is -1.58. The number of aliphatic imine (C=N–C) groups is 1. The standard InChI is InChI=1S/C14H17F2N3O6S/c1-13(2)11(17-12(20)21)18-14(6-15,7-26(13,24)25)9-5-8(19(22)23)3-4-10(9)16/h3-5,24-25H,6-7H2,1-2H3,(H,17,18)(H,20,21). The van der Waals surface area contributed by atoms with Gasteiger partial charge in [-0.2, -0.15) is 10.6 Å². The number of nitro benzene ring substituents is 1. The highest BCUT2D eigenvalue weighted by atomic mass is 32.3. The second-order valence-electron chi connectivity index (χ2n) is 6.30. The summed E-state index contributed by atoms with van der Waals surface area (Å²) in [5.74, 6) is -2.27. The van der Waals surface area contributed by atoms with Crippen molar-refractivity contribution in [3.63, 3.8) is 0 Å². The fourth-order valence-electron chi connectivity index (χ4n) is 2.59. The van der Waals surface area contributed by atoms with Crippen LogP contribution in [-0.4, -0.2) is 48.2 Å². The molecule has 1 aromatic carbocycles. The molecular formula is C14H17F2N3O6S. The molecule has 0 bridgehead atoms. The quantitative estimate of drug-likeness (QED) is 0.458. The van der Waals surface area contributed by atoms with E-state index in [0.29, 0.717) is 0 Å². The van der Waals surface area contributed by atoms with Gasteiger partial charge in [0.2, 0.25) is 0 Å². The van der Waals surface area contributed by atoms with Gasteiger partial charge in [-0.3, -0.25) is 29.5 Å². The highest BCUT2D eigenvalue weighted by molar-refractivity contribution is 8.26. The normalized spacial score (nSPS) is 25.1. The fourth-order valence-corrected chi connectivity index (χ4v) is 4.32. The molecule has 9 nitrogen and oxygen atoms in total. The summed E-state index contributed by atoms with van der Waals surface area (Å²) in [5.41, 5.74) is -3.32. The molecule has 1 unspecified atom stereocenters.